The Hall–Kier alpha value is -1.83. The minimum atomic E-state index is -4.26. The lowest BCUT2D eigenvalue weighted by atomic mass is 10.3. The highest BCUT2D eigenvalue weighted by molar-refractivity contribution is 5.05. The zero-order chi connectivity index (χ0) is 13.9. The maximum Gasteiger partial charge on any atom is 0.408 e. The summed E-state index contributed by atoms with van der Waals surface area (Å²) in [6.45, 7) is -0.195. The predicted octanol–water partition coefficient (Wildman–Crippen LogP) is 1.47. The van der Waals surface area contributed by atoms with Crippen LogP contribution in [0.25, 0.3) is 0 Å². The zero-order valence-corrected chi connectivity index (χ0v) is 10.4. The van der Waals surface area contributed by atoms with Crippen LogP contribution in [0.3, 0.4) is 0 Å². The Morgan fingerprint density at radius 1 is 1.26 bits per heavy atom. The van der Waals surface area contributed by atoms with Gasteiger partial charge in [0.15, 0.2) is 0 Å². The molecule has 0 unspecified atom stereocenters. The molecule has 0 fully saturated rings. The minimum Gasteiger partial charge on any atom is -0.307 e. The first-order valence-corrected chi connectivity index (χ1v) is 5.70. The summed E-state index contributed by atoms with van der Waals surface area (Å²) in [5.41, 5.74) is 1.48. The fourth-order valence-electron chi connectivity index (χ4n) is 1.72. The van der Waals surface area contributed by atoms with E-state index >= 15 is 0 Å². The van der Waals surface area contributed by atoms with Crippen LogP contribution in [0.4, 0.5) is 13.2 Å². The third kappa shape index (κ3) is 4.09. The van der Waals surface area contributed by atoms with Gasteiger partial charge in [0.2, 0.25) is 0 Å². The van der Waals surface area contributed by atoms with Crippen molar-refractivity contribution in [3.05, 3.63) is 35.9 Å². The van der Waals surface area contributed by atoms with Crippen LogP contribution in [-0.4, -0.2) is 25.7 Å². The summed E-state index contributed by atoms with van der Waals surface area (Å²) in [5, 5.41) is 10.7. The minimum absolute atomic E-state index is 0.324. The van der Waals surface area contributed by atoms with Gasteiger partial charge < -0.3 is 5.32 Å². The second kappa shape index (κ2) is 5.43. The van der Waals surface area contributed by atoms with E-state index in [9.17, 15) is 13.2 Å². The summed E-state index contributed by atoms with van der Waals surface area (Å²) in [6.07, 6.45) is 0.664. The number of nitrogens with zero attached hydrogens (tertiary/aromatic N) is 4. The Morgan fingerprint density at radius 2 is 2.05 bits per heavy atom. The Labute approximate surface area is 108 Å². The molecule has 0 aliphatic rings. The van der Waals surface area contributed by atoms with Crippen molar-refractivity contribution in [2.24, 2.45) is 7.05 Å². The Bertz CT molecular complexity index is 528. The molecule has 0 aliphatic carbocycles. The quantitative estimate of drug-likeness (QED) is 0.897. The maximum atomic E-state index is 12.3. The third-order valence-corrected chi connectivity index (χ3v) is 2.53. The summed E-state index contributed by atoms with van der Waals surface area (Å²) in [6, 6.07) is 1.57. The molecule has 5 nitrogen and oxygen atoms in total. The normalized spacial score (nSPS) is 12.0. The van der Waals surface area contributed by atoms with Crippen molar-refractivity contribution in [3.63, 3.8) is 0 Å². The number of halogens is 3. The highest BCUT2D eigenvalue weighted by Crippen LogP contribution is 2.17. The van der Waals surface area contributed by atoms with E-state index in [2.05, 4.69) is 15.5 Å². The first-order chi connectivity index (χ1) is 8.94. The zero-order valence-electron chi connectivity index (χ0n) is 10.4. The molecule has 0 amide bonds. The van der Waals surface area contributed by atoms with E-state index in [1.54, 1.807) is 16.9 Å². The first-order valence-electron chi connectivity index (χ1n) is 5.70. The molecule has 8 heteroatoms. The van der Waals surface area contributed by atoms with Gasteiger partial charge in [-0.1, -0.05) is 0 Å². The van der Waals surface area contributed by atoms with Gasteiger partial charge in [0, 0.05) is 38.1 Å². The Kier molecular flexibility index (Phi) is 3.89. The van der Waals surface area contributed by atoms with E-state index in [4.69, 9.17) is 0 Å². The largest absolute Gasteiger partial charge is 0.408 e. The molecule has 1 N–H and O–H groups in total. The van der Waals surface area contributed by atoms with Gasteiger partial charge in [0.25, 0.3) is 0 Å². The molecule has 2 rings (SSSR count). The molecule has 0 radical (unpaired) electrons. The standard InChI is InChI=1S/C11H14F3N5/c1-18-7-9(5-17-18)4-15-6-10-2-3-16-19(10)8-11(12,13)14/h2-3,5,7,15H,4,6,8H2,1H3. The molecule has 0 aromatic carbocycles. The first kappa shape index (κ1) is 13.6. The van der Waals surface area contributed by atoms with Gasteiger partial charge in [-0.2, -0.15) is 23.4 Å². The average molecular weight is 273 g/mol. The van der Waals surface area contributed by atoms with Gasteiger partial charge in [-0.05, 0) is 6.07 Å². The Balaban J connectivity index is 1.88. The van der Waals surface area contributed by atoms with Crippen LogP contribution in [0.15, 0.2) is 24.7 Å². The maximum absolute atomic E-state index is 12.3. The predicted molar refractivity (Wildman–Crippen MR) is 62.0 cm³/mol. The van der Waals surface area contributed by atoms with Crippen LogP contribution < -0.4 is 5.32 Å². The number of hydrogen-bond acceptors (Lipinski definition) is 3. The van der Waals surface area contributed by atoms with E-state index in [-0.39, 0.29) is 0 Å². The molecule has 0 spiro atoms. The van der Waals surface area contributed by atoms with Crippen LogP contribution in [0.2, 0.25) is 0 Å². The van der Waals surface area contributed by atoms with Crippen molar-refractivity contribution < 1.29 is 13.2 Å². The van der Waals surface area contributed by atoms with Gasteiger partial charge in [-0.3, -0.25) is 9.36 Å². The van der Waals surface area contributed by atoms with Crippen molar-refractivity contribution in [1.82, 2.24) is 24.9 Å². The molecule has 2 heterocycles. The molecule has 19 heavy (non-hydrogen) atoms. The molecule has 0 saturated heterocycles. The lowest BCUT2D eigenvalue weighted by molar-refractivity contribution is -0.143. The number of rotatable bonds is 5. The molecule has 0 atom stereocenters. The number of aromatic nitrogens is 4. The van der Waals surface area contributed by atoms with Crippen molar-refractivity contribution in [2.75, 3.05) is 0 Å². The summed E-state index contributed by atoms with van der Waals surface area (Å²) in [5.74, 6) is 0. The molecule has 0 saturated carbocycles. The van der Waals surface area contributed by atoms with E-state index in [0.29, 0.717) is 18.8 Å². The molecular weight excluding hydrogens is 259 g/mol. The summed E-state index contributed by atoms with van der Waals surface area (Å²) < 4.78 is 39.5. The number of hydrogen-bond donors (Lipinski definition) is 1. The van der Waals surface area contributed by atoms with Crippen molar-refractivity contribution in [2.45, 2.75) is 25.8 Å². The van der Waals surface area contributed by atoms with E-state index < -0.39 is 12.7 Å². The second-order valence-electron chi connectivity index (χ2n) is 4.22. The Morgan fingerprint density at radius 3 is 2.68 bits per heavy atom. The average Bonchev–Trinajstić information content (AvgIpc) is 2.87. The smallest absolute Gasteiger partial charge is 0.307 e. The molecule has 0 bridgehead atoms. The number of alkyl halides is 3. The van der Waals surface area contributed by atoms with Crippen LogP contribution >= 0.6 is 0 Å². The highest BCUT2D eigenvalue weighted by Gasteiger charge is 2.29. The van der Waals surface area contributed by atoms with Gasteiger partial charge in [-0.25, -0.2) is 0 Å². The van der Waals surface area contributed by atoms with Crippen LogP contribution in [0.1, 0.15) is 11.3 Å². The molecule has 0 aliphatic heterocycles. The third-order valence-electron chi connectivity index (χ3n) is 2.53. The molecule has 2 aromatic heterocycles. The van der Waals surface area contributed by atoms with Gasteiger partial charge in [-0.15, -0.1) is 0 Å². The summed E-state index contributed by atoms with van der Waals surface area (Å²) >= 11 is 0. The topological polar surface area (TPSA) is 47.7 Å². The molecule has 2 aromatic rings. The number of aryl methyl sites for hydroxylation is 1. The van der Waals surface area contributed by atoms with Crippen molar-refractivity contribution in [1.29, 1.82) is 0 Å². The van der Waals surface area contributed by atoms with Crippen molar-refractivity contribution in [3.8, 4) is 0 Å². The lowest BCUT2D eigenvalue weighted by Gasteiger charge is -2.10. The van der Waals surface area contributed by atoms with Gasteiger partial charge >= 0.3 is 6.18 Å². The van der Waals surface area contributed by atoms with Gasteiger partial charge in [0.05, 0.1) is 11.9 Å². The van der Waals surface area contributed by atoms with Crippen LogP contribution in [0, 0.1) is 0 Å². The van der Waals surface area contributed by atoms with E-state index in [1.165, 1.54) is 6.20 Å². The second-order valence-corrected chi connectivity index (χ2v) is 4.22. The van der Waals surface area contributed by atoms with E-state index in [1.807, 2.05) is 13.2 Å². The van der Waals surface area contributed by atoms with Crippen LogP contribution in [0.5, 0.6) is 0 Å². The highest BCUT2D eigenvalue weighted by atomic mass is 19.4. The fourth-order valence-corrected chi connectivity index (χ4v) is 1.72. The number of nitrogens with one attached hydrogen (secondary N) is 1. The summed E-state index contributed by atoms with van der Waals surface area (Å²) in [4.78, 5) is 0. The lowest BCUT2D eigenvalue weighted by Crippen LogP contribution is -2.23. The van der Waals surface area contributed by atoms with Crippen LogP contribution in [-0.2, 0) is 26.7 Å². The van der Waals surface area contributed by atoms with Gasteiger partial charge in [0.1, 0.15) is 6.54 Å². The molecule has 104 valence electrons. The van der Waals surface area contributed by atoms with Crippen molar-refractivity contribution >= 4 is 0 Å². The SMILES string of the molecule is Cn1cc(CNCc2ccnn2CC(F)(F)F)cn1. The van der Waals surface area contributed by atoms with E-state index in [0.717, 1.165) is 10.2 Å². The molecular formula is C11H14F3N5. The summed E-state index contributed by atoms with van der Waals surface area (Å²) in [7, 11) is 1.81. The fraction of sp³-hybridized carbons (Fsp3) is 0.455. The monoisotopic (exact) mass is 273 g/mol.